The zero-order chi connectivity index (χ0) is 12.1. The van der Waals surface area contributed by atoms with Crippen LogP contribution in [0, 0.1) is 0 Å². The van der Waals surface area contributed by atoms with Gasteiger partial charge in [-0.2, -0.15) is 0 Å². The molecule has 1 aromatic carbocycles. The minimum absolute atomic E-state index is 0.406. The van der Waals surface area contributed by atoms with Crippen molar-refractivity contribution in [2.45, 2.75) is 39.2 Å². The number of nitrogens with one attached hydrogen (secondary N) is 1. The second kappa shape index (κ2) is 6.21. The SMILES string of the molecule is CCCC(CC)Nc1c(Cl)cc(N)cc1Cl. The van der Waals surface area contributed by atoms with Gasteiger partial charge >= 0.3 is 0 Å². The Morgan fingerprint density at radius 3 is 2.25 bits per heavy atom. The summed E-state index contributed by atoms with van der Waals surface area (Å²) in [6.07, 6.45) is 3.29. The van der Waals surface area contributed by atoms with E-state index in [0.29, 0.717) is 21.8 Å². The molecule has 0 spiro atoms. The second-order valence-corrected chi connectivity index (χ2v) is 4.71. The molecule has 0 aliphatic rings. The summed E-state index contributed by atoms with van der Waals surface area (Å²) >= 11 is 12.2. The predicted octanol–water partition coefficient (Wildman–Crippen LogP) is 4.57. The van der Waals surface area contributed by atoms with Gasteiger partial charge in [0.05, 0.1) is 15.7 Å². The van der Waals surface area contributed by atoms with Crippen LogP contribution in [-0.4, -0.2) is 6.04 Å². The number of anilines is 2. The maximum Gasteiger partial charge on any atom is 0.0722 e. The Hall–Kier alpha value is -0.600. The fourth-order valence-electron chi connectivity index (χ4n) is 1.66. The molecule has 0 saturated carbocycles. The Labute approximate surface area is 107 Å². The highest BCUT2D eigenvalue weighted by Crippen LogP contribution is 2.33. The van der Waals surface area contributed by atoms with Crippen LogP contribution in [0.4, 0.5) is 11.4 Å². The first-order chi connectivity index (χ1) is 7.58. The molecular weight excluding hydrogens is 243 g/mol. The molecule has 1 aromatic rings. The second-order valence-electron chi connectivity index (χ2n) is 3.90. The molecule has 0 amide bonds. The lowest BCUT2D eigenvalue weighted by Gasteiger charge is -2.19. The molecule has 1 rings (SSSR count). The quantitative estimate of drug-likeness (QED) is 0.762. The van der Waals surface area contributed by atoms with E-state index in [9.17, 15) is 0 Å². The number of hydrogen-bond acceptors (Lipinski definition) is 2. The fourth-order valence-corrected chi connectivity index (χ4v) is 2.27. The van der Waals surface area contributed by atoms with E-state index in [-0.39, 0.29) is 0 Å². The van der Waals surface area contributed by atoms with Crippen LogP contribution in [0.2, 0.25) is 10.0 Å². The molecule has 1 atom stereocenters. The molecule has 1 unspecified atom stereocenters. The van der Waals surface area contributed by atoms with Crippen LogP contribution in [0.5, 0.6) is 0 Å². The molecule has 0 radical (unpaired) electrons. The molecular formula is C12H18Cl2N2. The number of hydrogen-bond donors (Lipinski definition) is 2. The van der Waals surface area contributed by atoms with E-state index in [1.807, 2.05) is 0 Å². The van der Waals surface area contributed by atoms with Crippen LogP contribution in [0.15, 0.2) is 12.1 Å². The minimum Gasteiger partial charge on any atom is -0.399 e. The lowest BCUT2D eigenvalue weighted by Crippen LogP contribution is -2.18. The first kappa shape index (κ1) is 13.5. The van der Waals surface area contributed by atoms with Gasteiger partial charge in [-0.15, -0.1) is 0 Å². The van der Waals surface area contributed by atoms with Gasteiger partial charge in [0.2, 0.25) is 0 Å². The van der Waals surface area contributed by atoms with Gasteiger partial charge in [-0.3, -0.25) is 0 Å². The third-order valence-electron chi connectivity index (χ3n) is 2.54. The number of halogens is 2. The van der Waals surface area contributed by atoms with Crippen LogP contribution in [0.3, 0.4) is 0 Å². The molecule has 0 aliphatic carbocycles. The Kier molecular flexibility index (Phi) is 5.23. The smallest absolute Gasteiger partial charge is 0.0722 e. The van der Waals surface area contributed by atoms with E-state index in [2.05, 4.69) is 19.2 Å². The Morgan fingerprint density at radius 1 is 1.25 bits per heavy atom. The molecule has 0 saturated heterocycles. The minimum atomic E-state index is 0.406. The summed E-state index contributed by atoms with van der Waals surface area (Å²) < 4.78 is 0. The van der Waals surface area contributed by atoms with Crippen molar-refractivity contribution in [3.63, 3.8) is 0 Å². The van der Waals surface area contributed by atoms with Gasteiger partial charge in [-0.25, -0.2) is 0 Å². The molecule has 0 fully saturated rings. The maximum atomic E-state index is 6.11. The topological polar surface area (TPSA) is 38.0 Å². The molecule has 3 N–H and O–H groups in total. The van der Waals surface area contributed by atoms with E-state index in [0.717, 1.165) is 24.9 Å². The summed E-state index contributed by atoms with van der Waals surface area (Å²) in [6.45, 7) is 4.31. The van der Waals surface area contributed by atoms with Crippen molar-refractivity contribution >= 4 is 34.6 Å². The standard InChI is InChI=1S/C12H18Cl2N2/c1-3-5-9(4-2)16-12-10(13)6-8(15)7-11(12)14/h6-7,9,16H,3-5,15H2,1-2H3. The van der Waals surface area contributed by atoms with Gasteiger partial charge in [-0.05, 0) is 25.0 Å². The Bertz CT molecular complexity index is 330. The van der Waals surface area contributed by atoms with Gasteiger partial charge < -0.3 is 11.1 Å². The van der Waals surface area contributed by atoms with Crippen molar-refractivity contribution in [2.24, 2.45) is 0 Å². The van der Waals surface area contributed by atoms with Gasteiger partial charge in [0.15, 0.2) is 0 Å². The summed E-state index contributed by atoms with van der Waals surface area (Å²) in [5, 5.41) is 4.54. The van der Waals surface area contributed by atoms with E-state index in [4.69, 9.17) is 28.9 Å². The van der Waals surface area contributed by atoms with Gasteiger partial charge in [-0.1, -0.05) is 43.5 Å². The lowest BCUT2D eigenvalue weighted by atomic mass is 10.1. The normalized spacial score (nSPS) is 12.5. The molecule has 0 aliphatic heterocycles. The van der Waals surface area contributed by atoms with Crippen LogP contribution in [0.25, 0.3) is 0 Å². The molecule has 0 bridgehead atoms. The Balaban J connectivity index is 2.87. The number of benzene rings is 1. The molecule has 0 aromatic heterocycles. The van der Waals surface area contributed by atoms with Crippen LogP contribution in [-0.2, 0) is 0 Å². The highest BCUT2D eigenvalue weighted by molar-refractivity contribution is 6.39. The lowest BCUT2D eigenvalue weighted by molar-refractivity contribution is 0.623. The average Bonchev–Trinajstić information content (AvgIpc) is 2.21. The molecule has 2 nitrogen and oxygen atoms in total. The third kappa shape index (κ3) is 3.46. The average molecular weight is 261 g/mol. The van der Waals surface area contributed by atoms with Gasteiger partial charge in [0, 0.05) is 11.7 Å². The van der Waals surface area contributed by atoms with Crippen LogP contribution in [0.1, 0.15) is 33.1 Å². The van der Waals surface area contributed by atoms with Gasteiger partial charge in [0.25, 0.3) is 0 Å². The van der Waals surface area contributed by atoms with Crippen molar-refractivity contribution in [2.75, 3.05) is 11.1 Å². The van der Waals surface area contributed by atoms with E-state index < -0.39 is 0 Å². The molecule has 90 valence electrons. The molecule has 0 heterocycles. The van der Waals surface area contributed by atoms with Gasteiger partial charge in [0.1, 0.15) is 0 Å². The van der Waals surface area contributed by atoms with E-state index in [1.165, 1.54) is 0 Å². The van der Waals surface area contributed by atoms with E-state index in [1.54, 1.807) is 12.1 Å². The van der Waals surface area contributed by atoms with Crippen molar-refractivity contribution in [3.8, 4) is 0 Å². The summed E-state index contributed by atoms with van der Waals surface area (Å²) in [5.41, 5.74) is 7.03. The van der Waals surface area contributed by atoms with Crippen molar-refractivity contribution in [3.05, 3.63) is 22.2 Å². The van der Waals surface area contributed by atoms with Crippen molar-refractivity contribution in [1.82, 2.24) is 0 Å². The Morgan fingerprint density at radius 2 is 1.81 bits per heavy atom. The molecule has 4 heteroatoms. The van der Waals surface area contributed by atoms with Crippen LogP contribution < -0.4 is 11.1 Å². The summed E-state index contributed by atoms with van der Waals surface area (Å²) in [6, 6.07) is 3.84. The highest BCUT2D eigenvalue weighted by atomic mass is 35.5. The first-order valence-electron chi connectivity index (χ1n) is 5.59. The monoisotopic (exact) mass is 260 g/mol. The fraction of sp³-hybridized carbons (Fsp3) is 0.500. The maximum absolute atomic E-state index is 6.11. The zero-order valence-corrected chi connectivity index (χ0v) is 11.2. The van der Waals surface area contributed by atoms with Crippen molar-refractivity contribution in [1.29, 1.82) is 0 Å². The largest absolute Gasteiger partial charge is 0.399 e. The zero-order valence-electron chi connectivity index (χ0n) is 9.69. The third-order valence-corrected chi connectivity index (χ3v) is 3.14. The van der Waals surface area contributed by atoms with E-state index >= 15 is 0 Å². The van der Waals surface area contributed by atoms with Crippen molar-refractivity contribution < 1.29 is 0 Å². The number of nitrogens with two attached hydrogens (primary N) is 1. The first-order valence-corrected chi connectivity index (χ1v) is 6.35. The summed E-state index contributed by atoms with van der Waals surface area (Å²) in [5.74, 6) is 0. The predicted molar refractivity (Wildman–Crippen MR) is 73.5 cm³/mol. The highest BCUT2D eigenvalue weighted by Gasteiger charge is 2.11. The number of rotatable bonds is 5. The van der Waals surface area contributed by atoms with Crippen LogP contribution >= 0.6 is 23.2 Å². The summed E-state index contributed by atoms with van der Waals surface area (Å²) in [7, 11) is 0. The number of nitrogen functional groups attached to an aromatic ring is 1. The summed E-state index contributed by atoms with van der Waals surface area (Å²) in [4.78, 5) is 0. The molecule has 16 heavy (non-hydrogen) atoms.